The molecule has 0 saturated carbocycles. The van der Waals surface area contributed by atoms with Gasteiger partial charge in [0.1, 0.15) is 0 Å². The predicted octanol–water partition coefficient (Wildman–Crippen LogP) is 4.49. The van der Waals surface area contributed by atoms with Gasteiger partial charge in [-0.2, -0.15) is 5.10 Å². The van der Waals surface area contributed by atoms with E-state index in [0.717, 1.165) is 48.6 Å². The number of rotatable bonds is 5. The van der Waals surface area contributed by atoms with E-state index in [0.29, 0.717) is 12.5 Å². The highest BCUT2D eigenvalue weighted by molar-refractivity contribution is 6.30. The molecule has 1 aromatic carbocycles. The normalized spacial score (nSPS) is 14.9. The lowest BCUT2D eigenvalue weighted by atomic mass is 9.90. The quantitative estimate of drug-likeness (QED) is 0.758. The number of halogens is 1. The third-order valence-corrected chi connectivity index (χ3v) is 4.65. The van der Waals surface area contributed by atoms with E-state index in [4.69, 9.17) is 11.6 Å². The van der Waals surface area contributed by atoms with Crippen molar-refractivity contribution in [2.75, 3.05) is 20.1 Å². The average molecular weight is 374 g/mol. The Hall–Kier alpha value is -1.98. The van der Waals surface area contributed by atoms with Gasteiger partial charge in [-0.25, -0.2) is 0 Å². The molecule has 0 amide bonds. The molecule has 2 N–H and O–H groups in total. The van der Waals surface area contributed by atoms with E-state index in [9.17, 15) is 0 Å². The van der Waals surface area contributed by atoms with Gasteiger partial charge >= 0.3 is 0 Å². The molecule has 1 aliphatic rings. The number of piperidine rings is 1. The molecule has 0 spiro atoms. The van der Waals surface area contributed by atoms with Gasteiger partial charge < -0.3 is 10.3 Å². The predicted molar refractivity (Wildman–Crippen MR) is 112 cm³/mol. The number of H-pyrrole nitrogens is 1. The zero-order valence-corrected chi connectivity index (χ0v) is 16.4. The molecule has 140 valence electrons. The van der Waals surface area contributed by atoms with Crippen molar-refractivity contribution in [1.29, 1.82) is 0 Å². The van der Waals surface area contributed by atoms with E-state index in [1.54, 1.807) is 7.05 Å². The molecule has 2 heterocycles. The van der Waals surface area contributed by atoms with Gasteiger partial charge in [0.25, 0.3) is 0 Å². The Morgan fingerprint density at radius 1 is 1.27 bits per heavy atom. The summed E-state index contributed by atoms with van der Waals surface area (Å²) in [6.07, 6.45) is 5.19. The topological polar surface area (TPSA) is 65.4 Å². The third-order valence-electron chi connectivity index (χ3n) is 4.40. The van der Waals surface area contributed by atoms with Crippen LogP contribution < -0.4 is 5.32 Å². The first kappa shape index (κ1) is 20.3. The van der Waals surface area contributed by atoms with Crippen LogP contribution >= 0.6 is 11.6 Å². The summed E-state index contributed by atoms with van der Waals surface area (Å²) in [5.74, 6) is 0.525. The first-order chi connectivity index (χ1) is 12.7. The SMILES string of the molecule is C=NCc1c(-c2ccc(Cl)cc2)n[nH]c1C1CCNCC1.CCC=NC. The molecule has 0 bridgehead atoms. The van der Waals surface area contributed by atoms with E-state index in [1.807, 2.05) is 30.5 Å². The first-order valence-corrected chi connectivity index (χ1v) is 9.45. The molecule has 3 rings (SSSR count). The summed E-state index contributed by atoms with van der Waals surface area (Å²) in [7, 11) is 1.78. The lowest BCUT2D eigenvalue weighted by Gasteiger charge is -2.22. The minimum Gasteiger partial charge on any atom is -0.317 e. The summed E-state index contributed by atoms with van der Waals surface area (Å²) in [5, 5.41) is 11.9. The van der Waals surface area contributed by atoms with Crippen LogP contribution in [0.3, 0.4) is 0 Å². The summed E-state index contributed by atoms with van der Waals surface area (Å²) < 4.78 is 0. The lowest BCUT2D eigenvalue weighted by Crippen LogP contribution is -2.27. The fourth-order valence-electron chi connectivity index (χ4n) is 3.13. The summed E-state index contributed by atoms with van der Waals surface area (Å²) in [4.78, 5) is 7.81. The van der Waals surface area contributed by atoms with Crippen LogP contribution in [0, 0.1) is 0 Å². The minimum absolute atomic E-state index is 0.525. The van der Waals surface area contributed by atoms with Crippen LogP contribution in [0.4, 0.5) is 0 Å². The summed E-state index contributed by atoms with van der Waals surface area (Å²) in [6, 6.07) is 7.77. The number of nitrogens with one attached hydrogen (secondary N) is 2. The molecule has 0 unspecified atom stereocenters. The monoisotopic (exact) mass is 373 g/mol. The number of nitrogens with zero attached hydrogens (tertiary/aromatic N) is 3. The molecule has 5 nitrogen and oxygen atoms in total. The van der Waals surface area contributed by atoms with Crippen LogP contribution in [0.15, 0.2) is 34.3 Å². The van der Waals surface area contributed by atoms with Gasteiger partial charge in [-0.05, 0) is 57.4 Å². The fourth-order valence-corrected chi connectivity index (χ4v) is 3.25. The number of benzene rings is 1. The highest BCUT2D eigenvalue weighted by Gasteiger charge is 2.23. The van der Waals surface area contributed by atoms with Crippen LogP contribution in [0.25, 0.3) is 11.3 Å². The van der Waals surface area contributed by atoms with Gasteiger partial charge in [-0.15, -0.1) is 0 Å². The van der Waals surface area contributed by atoms with Gasteiger partial charge in [-0.1, -0.05) is 30.7 Å². The minimum atomic E-state index is 0.525. The van der Waals surface area contributed by atoms with Gasteiger partial charge in [0.05, 0.1) is 12.2 Å². The summed E-state index contributed by atoms with van der Waals surface area (Å²) in [5.41, 5.74) is 4.41. The smallest absolute Gasteiger partial charge is 0.0974 e. The van der Waals surface area contributed by atoms with Crippen LogP contribution in [-0.2, 0) is 6.54 Å². The molecule has 1 saturated heterocycles. The average Bonchev–Trinajstić information content (AvgIpc) is 3.08. The molecular weight excluding hydrogens is 346 g/mol. The molecule has 0 radical (unpaired) electrons. The zero-order chi connectivity index (χ0) is 18.8. The number of aromatic nitrogens is 2. The Morgan fingerprint density at radius 3 is 2.50 bits per heavy atom. The summed E-state index contributed by atoms with van der Waals surface area (Å²) in [6.45, 7) is 8.41. The van der Waals surface area contributed by atoms with Gasteiger partial charge in [0.2, 0.25) is 0 Å². The third kappa shape index (κ3) is 5.51. The molecule has 0 aliphatic carbocycles. The Bertz CT molecular complexity index is 699. The second-order valence-electron chi connectivity index (χ2n) is 6.23. The van der Waals surface area contributed by atoms with Crippen LogP contribution in [-0.4, -0.2) is 43.3 Å². The van der Waals surface area contributed by atoms with E-state index in [1.165, 1.54) is 11.3 Å². The zero-order valence-electron chi connectivity index (χ0n) is 15.6. The highest BCUT2D eigenvalue weighted by atomic mass is 35.5. The molecule has 1 aromatic heterocycles. The molecule has 6 heteroatoms. The first-order valence-electron chi connectivity index (χ1n) is 9.08. The van der Waals surface area contributed by atoms with Crippen molar-refractivity contribution in [3.63, 3.8) is 0 Å². The maximum Gasteiger partial charge on any atom is 0.0974 e. The second-order valence-corrected chi connectivity index (χ2v) is 6.66. The van der Waals surface area contributed by atoms with Crippen molar-refractivity contribution in [3.8, 4) is 11.3 Å². The lowest BCUT2D eigenvalue weighted by molar-refractivity contribution is 0.451. The summed E-state index contributed by atoms with van der Waals surface area (Å²) >= 11 is 5.96. The molecule has 1 aliphatic heterocycles. The van der Waals surface area contributed by atoms with Gasteiger partial charge in [0, 0.05) is 34.8 Å². The van der Waals surface area contributed by atoms with Crippen molar-refractivity contribution >= 4 is 24.5 Å². The van der Waals surface area contributed by atoms with E-state index in [2.05, 4.69) is 39.1 Å². The van der Waals surface area contributed by atoms with Crippen LogP contribution in [0.1, 0.15) is 43.4 Å². The van der Waals surface area contributed by atoms with E-state index < -0.39 is 0 Å². The number of hydrogen-bond donors (Lipinski definition) is 2. The standard InChI is InChI=1S/C16H19ClN4.C4H9N/c1-18-10-14-15(11-2-4-13(17)5-3-11)20-21-16(14)12-6-8-19-9-7-12;1-3-4-5-2/h2-5,12,19H,1,6-10H2,(H,20,21);4H,3H2,1-2H3. The Morgan fingerprint density at radius 2 is 1.96 bits per heavy atom. The van der Waals surface area contributed by atoms with E-state index in [-0.39, 0.29) is 0 Å². The maximum absolute atomic E-state index is 5.96. The van der Waals surface area contributed by atoms with Gasteiger partial charge in [-0.3, -0.25) is 10.1 Å². The van der Waals surface area contributed by atoms with Crippen LogP contribution in [0.2, 0.25) is 5.02 Å². The molecular formula is C20H28ClN5. The van der Waals surface area contributed by atoms with Crippen LogP contribution in [0.5, 0.6) is 0 Å². The fraction of sp³-hybridized carbons (Fsp3) is 0.450. The number of aliphatic imine (C=N–C) groups is 2. The van der Waals surface area contributed by atoms with Crippen molar-refractivity contribution in [2.24, 2.45) is 9.98 Å². The van der Waals surface area contributed by atoms with Crippen molar-refractivity contribution in [1.82, 2.24) is 15.5 Å². The second kappa shape index (κ2) is 10.9. The van der Waals surface area contributed by atoms with Crippen molar-refractivity contribution in [3.05, 3.63) is 40.5 Å². The largest absolute Gasteiger partial charge is 0.317 e. The molecule has 2 aromatic rings. The van der Waals surface area contributed by atoms with Crippen molar-refractivity contribution < 1.29 is 0 Å². The molecule has 26 heavy (non-hydrogen) atoms. The van der Waals surface area contributed by atoms with Gasteiger partial charge in [0.15, 0.2) is 0 Å². The van der Waals surface area contributed by atoms with Crippen molar-refractivity contribution in [2.45, 2.75) is 38.6 Å². The van der Waals surface area contributed by atoms with E-state index >= 15 is 0 Å². The maximum atomic E-state index is 5.96. The molecule has 1 fully saturated rings. The Kier molecular flexibility index (Phi) is 8.51. The molecule has 0 atom stereocenters. The highest BCUT2D eigenvalue weighted by Crippen LogP contribution is 2.33. The number of hydrogen-bond acceptors (Lipinski definition) is 4. The Balaban J connectivity index is 0.000000431. The number of aromatic amines is 1. The Labute approximate surface area is 161 Å².